The van der Waals surface area contributed by atoms with Gasteiger partial charge in [0.15, 0.2) is 0 Å². The predicted molar refractivity (Wildman–Crippen MR) is 457 cm³/mol. The number of pyridine rings is 6. The zero-order valence-electron chi connectivity index (χ0n) is 62.3. The molecule has 1 aliphatic heterocycles. The molecule has 19 aromatic rings. The molecule has 7 aromatic heterocycles. The van der Waals surface area contributed by atoms with Crippen molar-refractivity contribution in [1.82, 2.24) is 34.5 Å². The monoisotopic (exact) mass is 2050 g/mol. The van der Waals surface area contributed by atoms with E-state index in [9.17, 15) is 0 Å². The van der Waals surface area contributed by atoms with Gasteiger partial charge in [-0.15, -0.1) is 144 Å². The Bertz CT molecular complexity index is 6080. The molecule has 0 spiro atoms. The molecule has 0 amide bonds. The molecule has 117 heavy (non-hydrogen) atoms. The van der Waals surface area contributed by atoms with Crippen molar-refractivity contribution in [2.24, 2.45) is 0 Å². The Kier molecular flexibility index (Phi) is 25.0. The number of rotatable bonds is 14. The number of nitrogens with zero attached hydrogens (tertiary/aromatic N) is 10. The molecule has 566 valence electrons. The summed E-state index contributed by atoms with van der Waals surface area (Å²) in [6.45, 7) is 0. The molecular formula is C102H66N10O2Pt3. The third kappa shape index (κ3) is 17.9. The van der Waals surface area contributed by atoms with Crippen molar-refractivity contribution in [2.45, 2.75) is 0 Å². The summed E-state index contributed by atoms with van der Waals surface area (Å²) in [6, 6.07) is 147. The maximum Gasteiger partial charge on any atom is 2.00 e. The number of aromatic nitrogens is 7. The van der Waals surface area contributed by atoms with Gasteiger partial charge >= 0.3 is 63.2 Å². The minimum atomic E-state index is 0. The van der Waals surface area contributed by atoms with Crippen molar-refractivity contribution in [1.29, 1.82) is 0 Å². The van der Waals surface area contributed by atoms with Crippen molar-refractivity contribution in [3.8, 4) is 96.5 Å². The van der Waals surface area contributed by atoms with Crippen LogP contribution in [-0.4, -0.2) is 34.5 Å². The molecule has 0 atom stereocenters. The molecule has 0 fully saturated rings. The van der Waals surface area contributed by atoms with Gasteiger partial charge in [0.1, 0.15) is 0 Å². The standard InChI is InChI=1S/C40H26N4.C40H28N4.C22H12N2O2.3Pt/c1-3-19-39-35(15-1)36-16-2-4-20-40(36)44(39)32-23-21-31(22-24-32)43(33-13-9-11-29(27-33)37-17-5-7-25-41-37)34-14-10-12-30(28-34)38-18-6-8-26-42-38;1-3-15-33(16-4-1)43(34-17-5-2-6-18-34)35-23-25-36(26-24-35)44(37-19-11-13-31(29-37)39-21-7-9-27-41-39)38-20-12-14-32(30-38)40-22-8-10-28-42-40;1-5-15-13-17(7-1)25-21-11-3-9-19(23-21)20-10-4-12-22(24-20)26-18-8-2-6-16(15)14-18;;;/h1-26H;1-28H;1-12H;;;/q3*-2;3*+2. The summed E-state index contributed by atoms with van der Waals surface area (Å²) in [5.41, 5.74) is 22.6. The SMILES string of the molecule is [Pt+2].[Pt+2].[Pt+2].[c-]1c(-c2ccccn2)cccc1N(c1[c-]c(-c2ccccn2)ccc1)c1ccc(-n2c3ccccc3c3ccccc32)cc1.[c-]1c(-c2ccccn2)cccc1N(c1[c-]c(-c2ccccn2)ccc1)c1ccc(N(c2ccccc2)c2ccccc2)cc1.[c-]1c2cccc1-c1[c-]c(ccc1)Oc1cccc(n1)-c1cccc(n1)O2. The fraction of sp³-hybridized carbons (Fsp3) is 0. The number of benzene rings is 12. The zero-order valence-corrected chi connectivity index (χ0v) is 69.2. The first-order chi connectivity index (χ1) is 56.5. The van der Waals surface area contributed by atoms with Gasteiger partial charge in [0.05, 0.1) is 22.4 Å². The van der Waals surface area contributed by atoms with Gasteiger partial charge in [0, 0.05) is 93.3 Å². The molecule has 0 aliphatic carbocycles. The third-order valence-corrected chi connectivity index (χ3v) is 19.2. The van der Waals surface area contributed by atoms with Crippen molar-refractivity contribution >= 4 is 73.0 Å². The van der Waals surface area contributed by atoms with E-state index < -0.39 is 0 Å². The number of fused-ring (bicyclic) bond motifs is 13. The Morgan fingerprint density at radius 2 is 0.513 bits per heavy atom. The van der Waals surface area contributed by atoms with Crippen LogP contribution in [0, 0.1) is 36.4 Å². The summed E-state index contributed by atoms with van der Waals surface area (Å²) in [5.74, 6) is 2.15. The molecule has 0 saturated carbocycles. The first kappa shape index (κ1) is 78.7. The Labute approximate surface area is 722 Å². The molecular weight excluding hydrogens is 1980 g/mol. The minimum Gasteiger partial charge on any atom is -0.460 e. The second kappa shape index (κ2) is 37.1. The van der Waals surface area contributed by atoms with Gasteiger partial charge in [-0.25, -0.2) is 21.1 Å². The largest absolute Gasteiger partial charge is 2.00 e. The van der Waals surface area contributed by atoms with Gasteiger partial charge in [0.25, 0.3) is 0 Å². The quantitative estimate of drug-likeness (QED) is 0.0971. The second-order valence-electron chi connectivity index (χ2n) is 26.5. The number of hydrogen-bond donors (Lipinski definition) is 0. The summed E-state index contributed by atoms with van der Waals surface area (Å²) in [7, 11) is 0. The van der Waals surface area contributed by atoms with Crippen LogP contribution in [0.3, 0.4) is 0 Å². The topological polar surface area (TPSA) is 110 Å². The molecule has 12 aromatic carbocycles. The van der Waals surface area contributed by atoms with Crippen LogP contribution in [0.5, 0.6) is 23.3 Å². The van der Waals surface area contributed by atoms with E-state index in [0.29, 0.717) is 34.6 Å². The van der Waals surface area contributed by atoms with E-state index >= 15 is 0 Å². The Balaban J connectivity index is 0.000000140. The van der Waals surface area contributed by atoms with E-state index in [1.807, 2.05) is 219 Å². The van der Waals surface area contributed by atoms with Crippen LogP contribution < -0.4 is 24.2 Å². The van der Waals surface area contributed by atoms with Gasteiger partial charge in [-0.2, -0.15) is 24.3 Å². The molecule has 8 heterocycles. The molecule has 0 radical (unpaired) electrons. The first-order valence-corrected chi connectivity index (χ1v) is 37.3. The average molecular weight is 2050 g/mol. The van der Waals surface area contributed by atoms with Crippen LogP contribution in [0.15, 0.2) is 401 Å². The fourth-order valence-corrected chi connectivity index (χ4v) is 13.9. The van der Waals surface area contributed by atoms with E-state index in [4.69, 9.17) is 9.47 Å². The molecule has 8 bridgehead atoms. The van der Waals surface area contributed by atoms with Gasteiger partial charge in [-0.05, 0) is 167 Å². The van der Waals surface area contributed by atoms with Crippen molar-refractivity contribution in [3.63, 3.8) is 0 Å². The summed E-state index contributed by atoms with van der Waals surface area (Å²) in [4.78, 5) is 34.0. The first-order valence-electron chi connectivity index (χ1n) is 37.3. The van der Waals surface area contributed by atoms with E-state index in [1.165, 1.54) is 21.8 Å². The average Bonchev–Trinajstić information content (AvgIpc) is 1.61. The summed E-state index contributed by atoms with van der Waals surface area (Å²) in [6.07, 6.45) is 7.24. The van der Waals surface area contributed by atoms with Crippen molar-refractivity contribution in [3.05, 3.63) is 437 Å². The molecule has 15 heteroatoms. The molecule has 12 nitrogen and oxygen atoms in total. The molecule has 0 N–H and O–H groups in total. The van der Waals surface area contributed by atoms with E-state index in [-0.39, 0.29) is 63.2 Å². The Morgan fingerprint density at radius 1 is 0.222 bits per heavy atom. The van der Waals surface area contributed by atoms with Gasteiger partial charge in [-0.3, -0.25) is 0 Å². The van der Waals surface area contributed by atoms with Gasteiger partial charge < -0.3 is 48.7 Å². The number of hydrogen-bond acceptors (Lipinski definition) is 11. The molecule has 0 unspecified atom stereocenters. The summed E-state index contributed by atoms with van der Waals surface area (Å²) in [5, 5.41) is 2.49. The summed E-state index contributed by atoms with van der Waals surface area (Å²) < 4.78 is 14.1. The number of ether oxygens (including phenoxy) is 2. The van der Waals surface area contributed by atoms with Crippen LogP contribution in [0.2, 0.25) is 0 Å². The van der Waals surface area contributed by atoms with Crippen molar-refractivity contribution in [2.75, 3.05) is 14.7 Å². The molecule has 1 aliphatic rings. The normalized spacial score (nSPS) is 10.8. The minimum absolute atomic E-state index is 0. The number of para-hydroxylation sites is 4. The summed E-state index contributed by atoms with van der Waals surface area (Å²) >= 11 is 0. The van der Waals surface area contributed by atoms with Gasteiger partial charge in [-0.1, -0.05) is 133 Å². The predicted octanol–water partition coefficient (Wildman–Crippen LogP) is 25.6. The number of anilines is 9. The van der Waals surface area contributed by atoms with Crippen LogP contribution in [0.25, 0.3) is 95.0 Å². The van der Waals surface area contributed by atoms with Crippen molar-refractivity contribution < 1.29 is 72.7 Å². The smallest absolute Gasteiger partial charge is 0.460 e. The van der Waals surface area contributed by atoms with Crippen LogP contribution >= 0.6 is 0 Å². The van der Waals surface area contributed by atoms with E-state index in [0.717, 1.165) is 113 Å². The van der Waals surface area contributed by atoms with E-state index in [2.05, 4.69) is 268 Å². The fourth-order valence-electron chi connectivity index (χ4n) is 13.9. The van der Waals surface area contributed by atoms with Crippen LogP contribution in [-0.2, 0) is 63.2 Å². The third-order valence-electron chi connectivity index (χ3n) is 19.2. The zero-order chi connectivity index (χ0) is 76.2. The molecule has 20 rings (SSSR count). The van der Waals surface area contributed by atoms with E-state index in [1.54, 1.807) is 0 Å². The Morgan fingerprint density at radius 3 is 0.872 bits per heavy atom. The van der Waals surface area contributed by atoms with Crippen LogP contribution in [0.4, 0.5) is 51.2 Å². The second-order valence-corrected chi connectivity index (χ2v) is 26.5. The Hall–Kier alpha value is -13.6. The van der Waals surface area contributed by atoms with Crippen LogP contribution in [0.1, 0.15) is 0 Å². The molecule has 0 saturated heterocycles. The maximum absolute atomic E-state index is 5.91. The van der Waals surface area contributed by atoms with Gasteiger partial charge in [0.2, 0.25) is 11.8 Å². The maximum atomic E-state index is 5.91.